The number of halogens is 2. The Labute approximate surface area is 603 Å². The Morgan fingerprint density at radius 1 is 0.648 bits per heavy atom. The lowest BCUT2D eigenvalue weighted by Gasteiger charge is -2.28. The van der Waals surface area contributed by atoms with Gasteiger partial charge in [0.25, 0.3) is 6.43 Å². The zero-order valence-electron chi connectivity index (χ0n) is 58.8. The number of nitrogen functional groups attached to an aromatic ring is 1. The standard InChI is InChI=1S/C76H85F2N9O18/c1-41-57(97-3)28-46(30-59(41)103-40-45-19-20-50(27-45)105-64(37-86-36-55-68(84-86)53(76(95)96)22-24-82-55)71(89)48-32-61(99-5)66(73(77)78)62(33-48)100-6)70(88)63(35-80-34-54-67(79)51(74(91)92)21-23-81-54)101-25-11-14-43-12-9-13-44(26-43)39-102-60-31-47(29-58(98-4)42(60)2)72(90)65(104-49-15-7-8-16-49)38-87-56-18-10-17-52(75(93)94)69(56)83-85-87/h9-10,12-13,17-18,21-24,26,28-34,36,45,49-50,63-65,70-73,88-90H,7-8,11,14-16,19-20,25,27,35,37-40,79H2,1-6H3,(H,91,92)(H,93,94)(H,95,96). The summed E-state index contributed by atoms with van der Waals surface area (Å²) in [6, 6.07) is 24.9. The summed E-state index contributed by atoms with van der Waals surface area (Å²) < 4.78 is 86.8. The van der Waals surface area contributed by atoms with Gasteiger partial charge in [0.15, 0.2) is 0 Å². The lowest BCUT2D eigenvalue weighted by Crippen LogP contribution is -2.31. The second-order valence-corrected chi connectivity index (χ2v) is 26.1. The maximum absolute atomic E-state index is 14.3. The van der Waals surface area contributed by atoms with E-state index in [1.165, 1.54) is 81.1 Å². The van der Waals surface area contributed by atoms with E-state index in [-0.39, 0.29) is 108 Å². The molecule has 0 spiro atoms. The van der Waals surface area contributed by atoms with Crippen LogP contribution in [0.4, 0.5) is 14.5 Å². The second-order valence-electron chi connectivity index (χ2n) is 26.1. The van der Waals surface area contributed by atoms with Crippen LogP contribution in [0, 0.1) is 19.8 Å². The number of carbonyl (C=O) groups is 3. The summed E-state index contributed by atoms with van der Waals surface area (Å²) in [5.41, 5.74) is 10.9. The predicted molar refractivity (Wildman–Crippen MR) is 379 cm³/mol. The number of aliphatic hydroxyl groups excluding tert-OH is 3. The van der Waals surface area contributed by atoms with Crippen LogP contribution in [-0.2, 0) is 40.3 Å². The molecule has 5 aromatic carbocycles. The number of nitrogens with two attached hydrogens (primary N) is 1. The first-order chi connectivity index (χ1) is 50.6. The van der Waals surface area contributed by atoms with Crippen LogP contribution in [0.25, 0.3) is 22.1 Å². The molecule has 0 aliphatic heterocycles. The number of aryl methyl sites for hydroxylation is 1. The number of methoxy groups -OCH3 is 4. The molecule has 2 saturated carbocycles. The van der Waals surface area contributed by atoms with Crippen LogP contribution in [0.3, 0.4) is 0 Å². The van der Waals surface area contributed by atoms with Crippen molar-refractivity contribution in [3.8, 4) is 34.5 Å². The Hall–Kier alpha value is -10.4. The molecule has 8 N–H and O–H groups in total. The zero-order valence-corrected chi connectivity index (χ0v) is 58.8. The van der Waals surface area contributed by atoms with Gasteiger partial charge in [0.2, 0.25) is 0 Å². The molecule has 9 aromatic rings. The third-order valence-electron chi connectivity index (χ3n) is 19.2. The van der Waals surface area contributed by atoms with Crippen LogP contribution in [0.15, 0.2) is 115 Å². The molecule has 8 atom stereocenters. The average Bonchev–Trinajstić information content (AvgIpc) is 1.68. The minimum Gasteiger partial charge on any atom is -0.496 e. The number of rotatable bonds is 36. The molecule has 0 bridgehead atoms. The number of anilines is 1. The Morgan fingerprint density at radius 2 is 1.22 bits per heavy atom. The van der Waals surface area contributed by atoms with Gasteiger partial charge in [-0.2, -0.15) is 5.10 Å². The molecule has 4 heterocycles. The molecule has 11 rings (SSSR count). The molecule has 2 fully saturated rings. The number of ether oxygens (including phenoxy) is 9. The third-order valence-corrected chi connectivity index (χ3v) is 19.2. The van der Waals surface area contributed by atoms with Gasteiger partial charge in [-0.05, 0) is 153 Å². The summed E-state index contributed by atoms with van der Waals surface area (Å²) in [5.74, 6) is -2.27. The number of aliphatic hydroxyl groups is 3. The normalized spacial score (nSPS) is 16.5. The summed E-state index contributed by atoms with van der Waals surface area (Å²) >= 11 is 0. The Morgan fingerprint density at radius 3 is 1.87 bits per heavy atom. The molecule has 0 amide bonds. The summed E-state index contributed by atoms with van der Waals surface area (Å²) in [7, 11) is 5.51. The number of hydrogen-bond donors (Lipinski definition) is 7. The van der Waals surface area contributed by atoms with Crippen molar-refractivity contribution in [1.82, 2.24) is 34.7 Å². The molecule has 0 saturated heterocycles. The van der Waals surface area contributed by atoms with Crippen LogP contribution >= 0.6 is 0 Å². The minimum atomic E-state index is -2.96. The van der Waals surface area contributed by atoms with Gasteiger partial charge in [-0.25, -0.2) is 27.8 Å². The van der Waals surface area contributed by atoms with Crippen LogP contribution < -0.4 is 34.2 Å². The smallest absolute Gasteiger partial charge is 0.338 e. The van der Waals surface area contributed by atoms with Gasteiger partial charge < -0.3 is 79.0 Å². The monoisotopic (exact) mass is 1450 g/mol. The number of hydrogen-bond acceptors (Lipinski definition) is 22. The van der Waals surface area contributed by atoms with Gasteiger partial charge in [-0.1, -0.05) is 48.4 Å². The molecular formula is C76H85F2N9O18. The van der Waals surface area contributed by atoms with Gasteiger partial charge in [-0.15, -0.1) is 5.10 Å². The van der Waals surface area contributed by atoms with Crippen LogP contribution in [0.5, 0.6) is 34.5 Å². The minimum absolute atomic E-state index is 0.0146. The van der Waals surface area contributed by atoms with Crippen molar-refractivity contribution >= 4 is 51.9 Å². The molecule has 27 nitrogen and oxygen atoms in total. The largest absolute Gasteiger partial charge is 0.496 e. The topological polar surface area (TPSA) is 368 Å². The SMILES string of the molecule is COc1cc(C(O)C(Cn2nnc3c(C(=O)O)cccc32)OC2CCCC2)cc(OCc2cccc(CCCOC(CN=Cc3nccc(C(=O)O)c3N)C(O)c3cc(OC)c(C)c(OCC4CCC(OC(Cn5cc6nccc(C(=O)O)c6n5)C(O)c5cc(OC)c(C(F)F)c(OC)c5)C4)c3)c2)c1C. The van der Waals surface area contributed by atoms with Crippen LogP contribution in [0.2, 0.25) is 0 Å². The number of carboxylic acids is 3. The maximum Gasteiger partial charge on any atom is 0.338 e. The maximum atomic E-state index is 14.3. The highest BCUT2D eigenvalue weighted by Crippen LogP contribution is 2.43. The van der Waals surface area contributed by atoms with E-state index in [2.05, 4.69) is 30.4 Å². The number of alkyl halides is 2. The van der Waals surface area contributed by atoms with Crippen molar-refractivity contribution in [2.45, 2.75) is 147 Å². The Bertz CT molecular complexity index is 4560. The van der Waals surface area contributed by atoms with E-state index < -0.39 is 72.6 Å². The van der Waals surface area contributed by atoms with E-state index in [1.54, 1.807) is 48.2 Å². The second kappa shape index (κ2) is 34.4. The first kappa shape index (κ1) is 75.7. The molecule has 105 heavy (non-hydrogen) atoms. The number of nitrogens with zero attached hydrogens (tertiary/aromatic N) is 8. The van der Waals surface area contributed by atoms with Crippen molar-refractivity contribution in [1.29, 1.82) is 0 Å². The van der Waals surface area contributed by atoms with E-state index in [9.17, 15) is 53.8 Å². The predicted octanol–water partition coefficient (Wildman–Crippen LogP) is 11.0. The fourth-order valence-electron chi connectivity index (χ4n) is 13.6. The van der Waals surface area contributed by atoms with E-state index >= 15 is 0 Å². The Kier molecular flexibility index (Phi) is 24.8. The highest BCUT2D eigenvalue weighted by Gasteiger charge is 2.36. The molecule has 2 aliphatic rings. The number of aromatic nitrogens is 7. The van der Waals surface area contributed by atoms with Gasteiger partial charge >= 0.3 is 17.9 Å². The number of carboxylic acid groups (broad SMARTS) is 3. The van der Waals surface area contributed by atoms with Crippen molar-refractivity contribution in [2.24, 2.45) is 10.9 Å². The number of benzene rings is 5. The van der Waals surface area contributed by atoms with Gasteiger partial charge in [-0.3, -0.25) is 19.6 Å². The fourth-order valence-corrected chi connectivity index (χ4v) is 13.6. The van der Waals surface area contributed by atoms with Crippen LogP contribution in [-0.4, -0.2) is 168 Å². The van der Waals surface area contributed by atoms with Crippen molar-refractivity contribution in [2.75, 3.05) is 53.9 Å². The molecule has 4 aromatic heterocycles. The zero-order chi connectivity index (χ0) is 74.6. The summed E-state index contributed by atoms with van der Waals surface area (Å²) in [4.78, 5) is 49.2. The van der Waals surface area contributed by atoms with Gasteiger partial charge in [0.05, 0.1) is 101 Å². The summed E-state index contributed by atoms with van der Waals surface area (Å²) in [5, 5.41) is 79.2. The van der Waals surface area contributed by atoms with Crippen molar-refractivity contribution < 1.29 is 96.4 Å². The molecule has 2 aliphatic carbocycles. The highest BCUT2D eigenvalue weighted by molar-refractivity contribution is 6.01. The van der Waals surface area contributed by atoms with Crippen molar-refractivity contribution in [3.63, 3.8) is 0 Å². The van der Waals surface area contributed by atoms with Gasteiger partial charge in [0, 0.05) is 36.3 Å². The fraction of sp³-hybridized carbons (Fsp3) is 0.408. The third kappa shape index (κ3) is 17.9. The number of aliphatic imine (C=N–C) groups is 1. The van der Waals surface area contributed by atoms with Gasteiger partial charge in [0.1, 0.15) is 106 Å². The molecule has 29 heteroatoms. The lowest BCUT2D eigenvalue weighted by molar-refractivity contribution is -0.0859. The quantitative estimate of drug-likeness (QED) is 0.0142. The summed E-state index contributed by atoms with van der Waals surface area (Å²) in [6.07, 6.45) is 1.52. The molecule has 8 unspecified atom stereocenters. The Balaban J connectivity index is 0.764. The summed E-state index contributed by atoms with van der Waals surface area (Å²) in [6.45, 7) is 4.05. The van der Waals surface area contributed by atoms with E-state index in [4.69, 9.17) is 48.4 Å². The molecular weight excluding hydrogens is 1360 g/mol. The number of fused-ring (bicyclic) bond motifs is 2. The average molecular weight is 1450 g/mol. The first-order valence-corrected chi connectivity index (χ1v) is 34.4. The molecule has 556 valence electrons. The van der Waals surface area contributed by atoms with Crippen molar-refractivity contribution in [3.05, 3.63) is 176 Å². The number of pyridine rings is 2. The number of aromatic carboxylic acids is 3. The van der Waals surface area contributed by atoms with Crippen LogP contribution in [0.1, 0.15) is 157 Å². The first-order valence-electron chi connectivity index (χ1n) is 34.4. The van der Waals surface area contributed by atoms with E-state index in [0.717, 1.165) is 36.8 Å². The highest BCUT2D eigenvalue weighted by atomic mass is 19.3. The molecule has 0 radical (unpaired) electrons. The lowest BCUT2D eigenvalue weighted by atomic mass is 10.00. The van der Waals surface area contributed by atoms with E-state index in [0.29, 0.717) is 88.4 Å². The van der Waals surface area contributed by atoms with E-state index in [1.807, 2.05) is 38.1 Å².